The smallest absolute Gasteiger partial charge is 0.237 e. The van der Waals surface area contributed by atoms with Crippen molar-refractivity contribution in [3.8, 4) is 11.6 Å². The van der Waals surface area contributed by atoms with Crippen LogP contribution in [0.1, 0.15) is 37.7 Å². The molecule has 1 unspecified atom stereocenters. The molecule has 3 aromatic rings. The quantitative estimate of drug-likeness (QED) is 0.610. The van der Waals surface area contributed by atoms with E-state index in [1.807, 2.05) is 30.3 Å². The lowest BCUT2D eigenvalue weighted by Crippen LogP contribution is -2.46. The van der Waals surface area contributed by atoms with Gasteiger partial charge in [0.25, 0.3) is 0 Å². The molecule has 0 aliphatic heterocycles. The number of nitrogens with one attached hydrogen (secondary N) is 2. The summed E-state index contributed by atoms with van der Waals surface area (Å²) >= 11 is 0. The minimum Gasteiger partial charge on any atom is -0.438 e. The Morgan fingerprint density at radius 2 is 1.96 bits per heavy atom. The van der Waals surface area contributed by atoms with E-state index in [1.54, 1.807) is 6.20 Å². The maximum atomic E-state index is 12.3. The van der Waals surface area contributed by atoms with Crippen LogP contribution in [0.4, 0.5) is 0 Å². The van der Waals surface area contributed by atoms with Crippen molar-refractivity contribution in [3.05, 3.63) is 48.4 Å². The topological polar surface area (TPSA) is 106 Å². The van der Waals surface area contributed by atoms with Gasteiger partial charge in [-0.15, -0.1) is 0 Å². The first-order valence-electron chi connectivity index (χ1n) is 9.80. The fourth-order valence-corrected chi connectivity index (χ4v) is 3.64. The highest BCUT2D eigenvalue weighted by molar-refractivity contribution is 5.82. The third-order valence-corrected chi connectivity index (χ3v) is 5.20. The van der Waals surface area contributed by atoms with Crippen LogP contribution in [0, 0.1) is 0 Å². The molecule has 0 saturated heterocycles. The van der Waals surface area contributed by atoms with E-state index in [-0.39, 0.29) is 11.9 Å². The van der Waals surface area contributed by atoms with Crippen LogP contribution in [0.25, 0.3) is 11.0 Å². The third kappa shape index (κ3) is 4.31. The first-order valence-corrected chi connectivity index (χ1v) is 9.80. The summed E-state index contributed by atoms with van der Waals surface area (Å²) in [6.45, 7) is 0. The molecule has 28 heavy (non-hydrogen) atoms. The van der Waals surface area contributed by atoms with E-state index in [0.29, 0.717) is 18.1 Å². The molecule has 1 aliphatic rings. The van der Waals surface area contributed by atoms with Gasteiger partial charge in [0.1, 0.15) is 17.7 Å². The van der Waals surface area contributed by atoms with Crippen molar-refractivity contribution in [3.63, 3.8) is 0 Å². The molecule has 1 saturated carbocycles. The lowest BCUT2D eigenvalue weighted by Gasteiger charge is -2.24. The van der Waals surface area contributed by atoms with Crippen molar-refractivity contribution < 1.29 is 9.53 Å². The monoisotopic (exact) mass is 379 g/mol. The summed E-state index contributed by atoms with van der Waals surface area (Å²) < 4.78 is 5.88. The molecule has 0 radical (unpaired) electrons. The van der Waals surface area contributed by atoms with Crippen molar-refractivity contribution in [2.75, 3.05) is 0 Å². The number of H-pyrrole nitrogens is 1. The van der Waals surface area contributed by atoms with Crippen LogP contribution in [0.2, 0.25) is 0 Å². The number of carbonyl (C=O) groups excluding carboxylic acids is 1. The summed E-state index contributed by atoms with van der Waals surface area (Å²) in [5.41, 5.74) is 7.84. The summed E-state index contributed by atoms with van der Waals surface area (Å²) in [5, 5.41) is 3.92. The number of ether oxygens (including phenoxy) is 1. The number of hydrogen-bond acceptors (Lipinski definition) is 5. The van der Waals surface area contributed by atoms with Gasteiger partial charge in [0.2, 0.25) is 11.8 Å². The van der Waals surface area contributed by atoms with E-state index in [2.05, 4.69) is 20.3 Å². The van der Waals surface area contributed by atoms with Gasteiger partial charge in [-0.3, -0.25) is 4.79 Å². The van der Waals surface area contributed by atoms with Crippen molar-refractivity contribution >= 4 is 16.9 Å². The summed E-state index contributed by atoms with van der Waals surface area (Å²) in [7, 11) is 0. The fourth-order valence-electron chi connectivity index (χ4n) is 3.64. The predicted octanol–water partition coefficient (Wildman–Crippen LogP) is 3.07. The Labute approximate surface area is 163 Å². The van der Waals surface area contributed by atoms with Gasteiger partial charge in [0.05, 0.1) is 11.4 Å². The highest BCUT2D eigenvalue weighted by Crippen LogP contribution is 2.26. The molecule has 0 bridgehead atoms. The second-order valence-electron chi connectivity index (χ2n) is 7.32. The Bertz CT molecular complexity index is 931. The fraction of sp³-hybridized carbons (Fsp3) is 0.381. The zero-order valence-electron chi connectivity index (χ0n) is 15.7. The highest BCUT2D eigenvalue weighted by atomic mass is 16.5. The van der Waals surface area contributed by atoms with Crippen molar-refractivity contribution in [1.82, 2.24) is 20.3 Å². The molecule has 7 heteroatoms. The summed E-state index contributed by atoms with van der Waals surface area (Å²) in [6.07, 6.45) is 9.50. The average Bonchev–Trinajstić information content (AvgIpc) is 3.20. The van der Waals surface area contributed by atoms with Crippen LogP contribution in [0.15, 0.2) is 42.9 Å². The molecule has 0 spiro atoms. The van der Waals surface area contributed by atoms with Gasteiger partial charge in [-0.05, 0) is 43.0 Å². The standard InChI is InChI=1S/C21H25N5O2/c22-18(20(27)26-15-4-2-1-3-5-15)12-14-6-8-16(9-7-14)28-21-17-10-11-23-19(17)24-13-25-21/h6-11,13,15,18H,1-5,12,22H2,(H,26,27)(H,23,24,25). The molecular formula is C21H25N5O2. The van der Waals surface area contributed by atoms with E-state index < -0.39 is 6.04 Å². The van der Waals surface area contributed by atoms with Crippen molar-refractivity contribution in [2.45, 2.75) is 50.6 Å². The van der Waals surface area contributed by atoms with Crippen LogP contribution in [-0.4, -0.2) is 32.9 Å². The summed E-state index contributed by atoms with van der Waals surface area (Å²) in [4.78, 5) is 23.7. The third-order valence-electron chi connectivity index (χ3n) is 5.20. The number of rotatable bonds is 6. The van der Waals surface area contributed by atoms with Crippen LogP contribution in [0.5, 0.6) is 11.6 Å². The van der Waals surface area contributed by atoms with Crippen molar-refractivity contribution in [1.29, 1.82) is 0 Å². The Balaban J connectivity index is 1.35. The molecule has 2 heterocycles. The maximum absolute atomic E-state index is 12.3. The SMILES string of the molecule is NC(Cc1ccc(Oc2ncnc3[nH]ccc23)cc1)C(=O)NC1CCCCC1. The number of nitrogens with zero attached hydrogens (tertiary/aromatic N) is 2. The second kappa shape index (κ2) is 8.39. The van der Waals surface area contributed by atoms with E-state index in [4.69, 9.17) is 10.5 Å². The van der Waals surface area contributed by atoms with Gasteiger partial charge in [-0.1, -0.05) is 31.4 Å². The minimum absolute atomic E-state index is 0.0666. The number of benzene rings is 1. The molecular weight excluding hydrogens is 354 g/mol. The number of nitrogens with two attached hydrogens (primary N) is 1. The van der Waals surface area contributed by atoms with Crippen LogP contribution in [-0.2, 0) is 11.2 Å². The van der Waals surface area contributed by atoms with Gasteiger partial charge in [-0.25, -0.2) is 9.97 Å². The van der Waals surface area contributed by atoms with Gasteiger partial charge in [0.15, 0.2) is 0 Å². The van der Waals surface area contributed by atoms with Gasteiger partial charge >= 0.3 is 0 Å². The average molecular weight is 379 g/mol. The molecule has 4 rings (SSSR count). The van der Waals surface area contributed by atoms with Gasteiger partial charge < -0.3 is 20.8 Å². The molecule has 1 aliphatic carbocycles. The Hall–Kier alpha value is -2.93. The van der Waals surface area contributed by atoms with Crippen LogP contribution >= 0.6 is 0 Å². The number of aromatic nitrogens is 3. The van der Waals surface area contributed by atoms with Crippen molar-refractivity contribution in [2.24, 2.45) is 5.73 Å². The van der Waals surface area contributed by atoms with Crippen LogP contribution < -0.4 is 15.8 Å². The molecule has 7 nitrogen and oxygen atoms in total. The molecule has 1 fully saturated rings. The van der Waals surface area contributed by atoms with E-state index >= 15 is 0 Å². The summed E-state index contributed by atoms with van der Waals surface area (Å²) in [5.74, 6) is 1.11. The highest BCUT2D eigenvalue weighted by Gasteiger charge is 2.20. The zero-order chi connectivity index (χ0) is 19.3. The Morgan fingerprint density at radius 3 is 2.75 bits per heavy atom. The second-order valence-corrected chi connectivity index (χ2v) is 7.32. The number of hydrogen-bond donors (Lipinski definition) is 3. The van der Waals surface area contributed by atoms with Gasteiger partial charge in [-0.2, -0.15) is 0 Å². The summed E-state index contributed by atoms with van der Waals surface area (Å²) in [6, 6.07) is 9.19. The molecule has 1 atom stereocenters. The molecule has 146 valence electrons. The lowest BCUT2D eigenvalue weighted by atomic mass is 9.95. The van der Waals surface area contributed by atoms with E-state index in [9.17, 15) is 4.79 Å². The molecule has 4 N–H and O–H groups in total. The maximum Gasteiger partial charge on any atom is 0.237 e. The number of carbonyl (C=O) groups is 1. The van der Waals surface area contributed by atoms with E-state index in [1.165, 1.54) is 25.6 Å². The number of aromatic amines is 1. The molecule has 2 aromatic heterocycles. The van der Waals surface area contributed by atoms with Crippen LogP contribution in [0.3, 0.4) is 0 Å². The largest absolute Gasteiger partial charge is 0.438 e. The first-order chi connectivity index (χ1) is 13.7. The number of amides is 1. The predicted molar refractivity (Wildman–Crippen MR) is 107 cm³/mol. The van der Waals surface area contributed by atoms with Gasteiger partial charge in [0, 0.05) is 12.2 Å². The zero-order valence-corrected chi connectivity index (χ0v) is 15.7. The Morgan fingerprint density at radius 1 is 1.18 bits per heavy atom. The Kier molecular flexibility index (Phi) is 5.53. The normalized spacial score (nSPS) is 16.0. The lowest BCUT2D eigenvalue weighted by molar-refractivity contribution is -0.123. The molecule has 1 amide bonds. The minimum atomic E-state index is -0.546. The van der Waals surface area contributed by atoms with E-state index in [0.717, 1.165) is 29.4 Å². The number of fused-ring (bicyclic) bond motifs is 1. The molecule has 1 aromatic carbocycles. The first kappa shape index (κ1) is 18.4.